The number of ether oxygens (including phenoxy) is 3. The molecule has 0 radical (unpaired) electrons. The number of benzene rings is 1. The van der Waals surface area contributed by atoms with Gasteiger partial charge >= 0.3 is 0 Å². The molecule has 4 rings (SSSR count). The van der Waals surface area contributed by atoms with Crippen LogP contribution < -0.4 is 9.64 Å². The first kappa shape index (κ1) is 21.2. The Hall–Kier alpha value is -3.08. The Kier molecular flexibility index (Phi) is 6.12. The van der Waals surface area contributed by atoms with Crippen LogP contribution in [0.2, 0.25) is 0 Å². The van der Waals surface area contributed by atoms with Gasteiger partial charge in [0.25, 0.3) is 0 Å². The van der Waals surface area contributed by atoms with E-state index in [9.17, 15) is 0 Å². The van der Waals surface area contributed by atoms with Gasteiger partial charge in [0.05, 0.1) is 44.9 Å². The van der Waals surface area contributed by atoms with E-state index in [1.54, 1.807) is 14.2 Å². The third-order valence-corrected chi connectivity index (χ3v) is 5.60. The number of methoxy groups -OCH3 is 2. The fourth-order valence-corrected chi connectivity index (χ4v) is 4.05. The Morgan fingerprint density at radius 3 is 2.77 bits per heavy atom. The van der Waals surface area contributed by atoms with E-state index in [-0.39, 0.29) is 0 Å². The smallest absolute Gasteiger partial charge is 0.165 e. The van der Waals surface area contributed by atoms with Crippen molar-refractivity contribution in [3.8, 4) is 28.7 Å². The first-order valence-electron chi connectivity index (χ1n) is 10.4. The fraction of sp³-hybridized carbons (Fsp3) is 0.417. The second kappa shape index (κ2) is 8.96. The molecule has 3 heterocycles. The van der Waals surface area contributed by atoms with Crippen molar-refractivity contribution in [2.75, 3.05) is 38.8 Å². The molecule has 0 aliphatic carbocycles. The number of hydrogen-bond acceptors (Lipinski definition) is 6. The van der Waals surface area contributed by atoms with Gasteiger partial charge in [-0.2, -0.15) is 9.61 Å². The molecular weight excluding hydrogens is 392 g/mol. The molecule has 0 unspecified atom stereocenters. The molecular formula is C24H28N4O3. The van der Waals surface area contributed by atoms with Crippen molar-refractivity contribution in [2.45, 2.75) is 34.0 Å². The number of nitrogens with zero attached hydrogens (tertiary/aromatic N) is 4. The zero-order chi connectivity index (χ0) is 22.0. The number of aryl methyl sites for hydroxylation is 2. The molecule has 2 aromatic heterocycles. The Bertz CT molecular complexity index is 1170. The fourth-order valence-electron chi connectivity index (χ4n) is 4.05. The van der Waals surface area contributed by atoms with Crippen LogP contribution in [0.5, 0.6) is 5.75 Å². The van der Waals surface area contributed by atoms with Crippen molar-refractivity contribution in [2.24, 2.45) is 0 Å². The summed E-state index contributed by atoms with van der Waals surface area (Å²) in [6.45, 7) is 8.87. The standard InChI is InChI=1S/C24H28N4O3/c1-6-7-10-27(11-12-29-4)24-20-14-31-15-21(20)25-23-22(17(3)26-28(23)24)19-9-8-18(30-5)13-16(19)2/h8-9,13H,10-12,14-15H2,1-5H3. The average Bonchev–Trinajstić information content (AvgIpc) is 3.36. The minimum atomic E-state index is 0.502. The summed E-state index contributed by atoms with van der Waals surface area (Å²) in [6.07, 6.45) is 0. The molecule has 1 aromatic carbocycles. The maximum absolute atomic E-state index is 5.77. The van der Waals surface area contributed by atoms with Gasteiger partial charge in [-0.1, -0.05) is 12.0 Å². The summed E-state index contributed by atoms with van der Waals surface area (Å²) in [7, 11) is 3.39. The summed E-state index contributed by atoms with van der Waals surface area (Å²) in [5.74, 6) is 8.01. The van der Waals surface area contributed by atoms with E-state index < -0.39 is 0 Å². The van der Waals surface area contributed by atoms with Gasteiger partial charge in [-0.25, -0.2) is 4.98 Å². The minimum Gasteiger partial charge on any atom is -0.497 e. The predicted molar refractivity (Wildman–Crippen MR) is 120 cm³/mol. The van der Waals surface area contributed by atoms with Gasteiger partial charge in [0.15, 0.2) is 5.65 Å². The Morgan fingerprint density at radius 1 is 1.23 bits per heavy atom. The second-order valence-electron chi connectivity index (χ2n) is 7.57. The molecule has 0 N–H and O–H groups in total. The molecule has 0 atom stereocenters. The molecule has 1 aliphatic heterocycles. The maximum Gasteiger partial charge on any atom is 0.165 e. The summed E-state index contributed by atoms with van der Waals surface area (Å²) in [5.41, 5.74) is 7.04. The highest BCUT2D eigenvalue weighted by Crippen LogP contribution is 2.37. The number of rotatable bonds is 7. The average molecular weight is 421 g/mol. The lowest BCUT2D eigenvalue weighted by atomic mass is 10.0. The van der Waals surface area contributed by atoms with Gasteiger partial charge in [-0.05, 0) is 44.0 Å². The summed E-state index contributed by atoms with van der Waals surface area (Å²) in [5, 5.41) is 4.92. The van der Waals surface area contributed by atoms with Crippen molar-refractivity contribution in [1.82, 2.24) is 14.6 Å². The third-order valence-electron chi connectivity index (χ3n) is 5.60. The molecule has 3 aromatic rings. The first-order chi connectivity index (χ1) is 15.1. The van der Waals surface area contributed by atoms with Gasteiger partial charge in [0.1, 0.15) is 11.6 Å². The van der Waals surface area contributed by atoms with Crippen LogP contribution in [0.4, 0.5) is 5.82 Å². The number of anilines is 1. The largest absolute Gasteiger partial charge is 0.497 e. The molecule has 7 nitrogen and oxygen atoms in total. The molecule has 0 fully saturated rings. The molecule has 0 spiro atoms. The minimum absolute atomic E-state index is 0.502. The van der Waals surface area contributed by atoms with Gasteiger partial charge in [0.2, 0.25) is 0 Å². The first-order valence-corrected chi connectivity index (χ1v) is 10.4. The van der Waals surface area contributed by atoms with Crippen molar-refractivity contribution in [3.05, 3.63) is 40.7 Å². The summed E-state index contributed by atoms with van der Waals surface area (Å²) in [4.78, 5) is 7.20. The number of hydrogen-bond donors (Lipinski definition) is 0. The molecule has 0 saturated heterocycles. The van der Waals surface area contributed by atoms with Crippen molar-refractivity contribution < 1.29 is 14.2 Å². The van der Waals surface area contributed by atoms with Gasteiger partial charge in [-0.15, -0.1) is 5.92 Å². The Balaban J connectivity index is 1.95. The lowest BCUT2D eigenvalue weighted by molar-refractivity contribution is 0.133. The van der Waals surface area contributed by atoms with Crippen molar-refractivity contribution in [1.29, 1.82) is 0 Å². The molecule has 0 saturated carbocycles. The molecule has 7 heteroatoms. The maximum atomic E-state index is 5.77. The van der Waals surface area contributed by atoms with E-state index >= 15 is 0 Å². The Labute approximate surface area is 182 Å². The van der Waals surface area contributed by atoms with Gasteiger partial charge in [0, 0.05) is 24.8 Å². The van der Waals surface area contributed by atoms with E-state index in [0.717, 1.165) is 50.9 Å². The monoisotopic (exact) mass is 420 g/mol. The molecule has 31 heavy (non-hydrogen) atoms. The van der Waals surface area contributed by atoms with Crippen LogP contribution in [0.3, 0.4) is 0 Å². The molecule has 162 valence electrons. The summed E-state index contributed by atoms with van der Waals surface area (Å²) < 4.78 is 18.5. The van der Waals surface area contributed by atoms with Crippen LogP contribution in [-0.2, 0) is 22.7 Å². The van der Waals surface area contributed by atoms with E-state index in [0.29, 0.717) is 32.9 Å². The zero-order valence-electron chi connectivity index (χ0n) is 18.8. The summed E-state index contributed by atoms with van der Waals surface area (Å²) in [6, 6.07) is 6.09. The second-order valence-corrected chi connectivity index (χ2v) is 7.57. The number of fused-ring (bicyclic) bond motifs is 2. The van der Waals surface area contributed by atoms with Crippen LogP contribution >= 0.6 is 0 Å². The number of aromatic nitrogens is 3. The van der Waals surface area contributed by atoms with E-state index in [1.165, 1.54) is 0 Å². The van der Waals surface area contributed by atoms with E-state index in [2.05, 4.69) is 29.7 Å². The van der Waals surface area contributed by atoms with Crippen LogP contribution in [0.1, 0.15) is 29.4 Å². The van der Waals surface area contributed by atoms with Crippen molar-refractivity contribution in [3.63, 3.8) is 0 Å². The zero-order valence-corrected chi connectivity index (χ0v) is 18.8. The van der Waals surface area contributed by atoms with Crippen LogP contribution in [0.25, 0.3) is 16.8 Å². The lowest BCUT2D eigenvalue weighted by Gasteiger charge is -2.24. The third kappa shape index (κ3) is 3.85. The predicted octanol–water partition coefficient (Wildman–Crippen LogP) is 3.53. The highest BCUT2D eigenvalue weighted by atomic mass is 16.5. The normalized spacial score (nSPS) is 12.5. The SMILES string of the molecule is CC#CCN(CCOC)c1c2c(nc3c(-c4ccc(OC)cc4C)c(C)nn13)COC2. The molecule has 0 amide bonds. The van der Waals surface area contributed by atoms with Gasteiger partial charge < -0.3 is 19.1 Å². The molecule has 0 bridgehead atoms. The van der Waals surface area contributed by atoms with Crippen molar-refractivity contribution >= 4 is 11.5 Å². The molecule has 1 aliphatic rings. The summed E-state index contributed by atoms with van der Waals surface area (Å²) >= 11 is 0. The topological polar surface area (TPSA) is 61.1 Å². The van der Waals surface area contributed by atoms with Gasteiger partial charge in [-0.3, -0.25) is 0 Å². The quantitative estimate of drug-likeness (QED) is 0.545. The highest BCUT2D eigenvalue weighted by molar-refractivity contribution is 5.83. The van der Waals surface area contributed by atoms with Crippen LogP contribution in [0, 0.1) is 25.7 Å². The lowest BCUT2D eigenvalue weighted by Crippen LogP contribution is -2.31. The van der Waals surface area contributed by atoms with Crippen LogP contribution in [0.15, 0.2) is 18.2 Å². The van der Waals surface area contributed by atoms with E-state index in [1.807, 2.05) is 30.5 Å². The highest BCUT2D eigenvalue weighted by Gasteiger charge is 2.27. The Morgan fingerprint density at radius 2 is 2.06 bits per heavy atom. The van der Waals surface area contributed by atoms with E-state index in [4.69, 9.17) is 24.3 Å². The van der Waals surface area contributed by atoms with Crippen LogP contribution in [-0.4, -0.2) is 48.5 Å².